The van der Waals surface area contributed by atoms with Gasteiger partial charge in [0.1, 0.15) is 0 Å². The maximum absolute atomic E-state index is 8.67. The molecule has 8 nitrogen and oxygen atoms in total. The van der Waals surface area contributed by atoms with Gasteiger partial charge in [0.25, 0.3) is 0 Å². The average Bonchev–Trinajstić information content (AvgIpc) is 3.47. The van der Waals surface area contributed by atoms with Gasteiger partial charge in [-0.1, -0.05) is 26.0 Å². The van der Waals surface area contributed by atoms with E-state index in [0.717, 1.165) is 52.4 Å². The molecule has 8 heteroatoms. The topological polar surface area (TPSA) is 114 Å². The largest absolute Gasteiger partial charge is 0.424 e. The number of rotatable bonds is 6. The minimum atomic E-state index is -0.0496. The maximum Gasteiger partial charge on any atom is 0.221 e. The molecule has 1 fully saturated rings. The van der Waals surface area contributed by atoms with Gasteiger partial charge in [0.15, 0.2) is 0 Å². The highest BCUT2D eigenvalue weighted by molar-refractivity contribution is 6.10. The van der Waals surface area contributed by atoms with E-state index < -0.39 is 0 Å². The van der Waals surface area contributed by atoms with Crippen molar-refractivity contribution < 1.29 is 9.47 Å². The highest BCUT2D eigenvalue weighted by Crippen LogP contribution is 2.32. The van der Waals surface area contributed by atoms with Gasteiger partial charge in [0.05, 0.1) is 31.0 Å². The Kier molecular flexibility index (Phi) is 6.17. The number of morpholine rings is 1. The summed E-state index contributed by atoms with van der Waals surface area (Å²) >= 11 is 0. The molecule has 176 valence electrons. The van der Waals surface area contributed by atoms with Gasteiger partial charge in [0, 0.05) is 41.1 Å². The van der Waals surface area contributed by atoms with Crippen LogP contribution in [0.15, 0.2) is 48.8 Å². The molecular formula is C26H30N6O2. The van der Waals surface area contributed by atoms with Crippen molar-refractivity contribution >= 4 is 33.6 Å². The summed E-state index contributed by atoms with van der Waals surface area (Å²) in [4.78, 5) is 5.42. The lowest BCUT2D eigenvalue weighted by atomic mass is 9.97. The Bertz CT molecular complexity index is 1340. The van der Waals surface area contributed by atoms with E-state index in [-0.39, 0.29) is 17.9 Å². The van der Waals surface area contributed by atoms with Crippen molar-refractivity contribution in [1.29, 1.82) is 10.8 Å². The van der Waals surface area contributed by atoms with E-state index in [0.29, 0.717) is 24.6 Å². The molecule has 3 heterocycles. The number of nitrogens with zero attached hydrogens (tertiary/aromatic N) is 2. The standard InChI is InChI=1S/C26H30N6O2/c1-16(2)10-18-14-32(8-9-33-18)15-25(27)34-26(28)21-11-17(12-24-22(21)13-30-31-24)19-4-3-5-23-20(19)6-7-29-23/h3-7,11-13,16,18,27-29H,8-10,14-15H2,1-2H3,(H,30,31). The van der Waals surface area contributed by atoms with Crippen LogP contribution in [0.25, 0.3) is 32.9 Å². The molecule has 0 aliphatic carbocycles. The fourth-order valence-corrected chi connectivity index (χ4v) is 4.74. The molecule has 1 aliphatic heterocycles. The van der Waals surface area contributed by atoms with Gasteiger partial charge in [-0.05, 0) is 47.7 Å². The minimum Gasteiger partial charge on any atom is -0.424 e. The average molecular weight is 459 g/mol. The monoisotopic (exact) mass is 458 g/mol. The van der Waals surface area contributed by atoms with Gasteiger partial charge in [-0.15, -0.1) is 0 Å². The molecule has 0 radical (unpaired) electrons. The number of nitrogens with one attached hydrogen (secondary N) is 4. The van der Waals surface area contributed by atoms with Gasteiger partial charge in [0.2, 0.25) is 11.8 Å². The first-order valence-corrected chi connectivity index (χ1v) is 11.7. The van der Waals surface area contributed by atoms with Crippen LogP contribution in [0.1, 0.15) is 25.8 Å². The molecule has 4 N–H and O–H groups in total. The third-order valence-electron chi connectivity index (χ3n) is 6.26. The third-order valence-corrected chi connectivity index (χ3v) is 6.26. The molecule has 1 saturated heterocycles. The minimum absolute atomic E-state index is 0.0496. The SMILES string of the molecule is CC(C)CC1CN(CC(=N)OC(=N)c2cc(-c3cccc4[nH]ccc34)cc3[nH]ncc23)CCO1. The zero-order valence-electron chi connectivity index (χ0n) is 19.5. The van der Waals surface area contributed by atoms with Crippen molar-refractivity contribution in [3.05, 3.63) is 54.4 Å². The van der Waals surface area contributed by atoms with Crippen LogP contribution >= 0.6 is 0 Å². The van der Waals surface area contributed by atoms with Gasteiger partial charge < -0.3 is 14.5 Å². The summed E-state index contributed by atoms with van der Waals surface area (Å²) in [6.07, 6.45) is 4.80. The second-order valence-electron chi connectivity index (χ2n) is 9.31. The Balaban J connectivity index is 1.36. The van der Waals surface area contributed by atoms with E-state index in [2.05, 4.69) is 40.0 Å². The van der Waals surface area contributed by atoms with Gasteiger partial charge in [-0.3, -0.25) is 20.8 Å². The first kappa shape index (κ1) is 22.3. The number of hydrogen-bond donors (Lipinski definition) is 4. The molecule has 5 rings (SSSR count). The normalized spacial score (nSPS) is 17.0. The van der Waals surface area contributed by atoms with Crippen LogP contribution < -0.4 is 0 Å². The molecule has 0 bridgehead atoms. The van der Waals surface area contributed by atoms with E-state index in [4.69, 9.17) is 20.3 Å². The van der Waals surface area contributed by atoms with Gasteiger partial charge in [-0.2, -0.15) is 5.10 Å². The first-order valence-electron chi connectivity index (χ1n) is 11.7. The molecule has 1 unspecified atom stereocenters. The summed E-state index contributed by atoms with van der Waals surface area (Å²) in [7, 11) is 0. The molecule has 34 heavy (non-hydrogen) atoms. The zero-order valence-corrected chi connectivity index (χ0v) is 19.5. The van der Waals surface area contributed by atoms with Crippen LogP contribution in [0.5, 0.6) is 0 Å². The lowest BCUT2D eigenvalue weighted by Gasteiger charge is -2.33. The summed E-state index contributed by atoms with van der Waals surface area (Å²) in [5, 5.41) is 26.2. The van der Waals surface area contributed by atoms with Crippen molar-refractivity contribution in [1.82, 2.24) is 20.1 Å². The molecule has 0 saturated carbocycles. The van der Waals surface area contributed by atoms with E-state index in [1.807, 2.05) is 36.5 Å². The number of aromatic amines is 2. The van der Waals surface area contributed by atoms with Crippen molar-refractivity contribution in [2.75, 3.05) is 26.2 Å². The predicted octanol–water partition coefficient (Wildman–Crippen LogP) is 4.78. The number of H-pyrrole nitrogens is 2. The van der Waals surface area contributed by atoms with E-state index in [1.165, 1.54) is 0 Å². The Hall–Kier alpha value is -3.49. The van der Waals surface area contributed by atoms with Crippen LogP contribution in [-0.4, -0.2) is 64.2 Å². The van der Waals surface area contributed by atoms with E-state index in [9.17, 15) is 0 Å². The Labute approximate surface area is 198 Å². The molecule has 1 atom stereocenters. The zero-order chi connectivity index (χ0) is 23.7. The molecular weight excluding hydrogens is 428 g/mol. The van der Waals surface area contributed by atoms with Crippen LogP contribution in [0.4, 0.5) is 0 Å². The van der Waals surface area contributed by atoms with E-state index in [1.54, 1.807) is 6.20 Å². The Morgan fingerprint density at radius 1 is 1.21 bits per heavy atom. The molecule has 0 amide bonds. The molecule has 0 spiro atoms. The number of hydrogen-bond acceptors (Lipinski definition) is 6. The predicted molar refractivity (Wildman–Crippen MR) is 135 cm³/mol. The first-order chi connectivity index (χ1) is 16.5. The second kappa shape index (κ2) is 9.40. The summed E-state index contributed by atoms with van der Waals surface area (Å²) in [5.41, 5.74) is 4.51. The number of ether oxygens (including phenoxy) is 2. The quantitative estimate of drug-likeness (QED) is 0.246. The van der Waals surface area contributed by atoms with E-state index >= 15 is 0 Å². The number of aromatic nitrogens is 3. The fraction of sp³-hybridized carbons (Fsp3) is 0.346. The van der Waals surface area contributed by atoms with Gasteiger partial charge in [-0.25, -0.2) is 0 Å². The van der Waals surface area contributed by atoms with Crippen molar-refractivity contribution in [3.8, 4) is 11.1 Å². The lowest BCUT2D eigenvalue weighted by molar-refractivity contribution is -0.0331. The summed E-state index contributed by atoms with van der Waals surface area (Å²) in [5.74, 6) is 0.576. The van der Waals surface area contributed by atoms with Crippen LogP contribution in [0, 0.1) is 16.7 Å². The summed E-state index contributed by atoms with van der Waals surface area (Å²) in [6, 6.07) is 12.1. The maximum atomic E-state index is 8.67. The summed E-state index contributed by atoms with van der Waals surface area (Å²) < 4.78 is 11.6. The number of benzene rings is 2. The molecule has 2 aromatic heterocycles. The smallest absolute Gasteiger partial charge is 0.221 e. The Morgan fingerprint density at radius 2 is 2.09 bits per heavy atom. The van der Waals surface area contributed by atoms with Crippen LogP contribution in [-0.2, 0) is 9.47 Å². The molecule has 2 aromatic carbocycles. The second-order valence-corrected chi connectivity index (χ2v) is 9.31. The van der Waals surface area contributed by atoms with Crippen LogP contribution in [0.2, 0.25) is 0 Å². The highest BCUT2D eigenvalue weighted by atomic mass is 16.5. The van der Waals surface area contributed by atoms with Crippen molar-refractivity contribution in [3.63, 3.8) is 0 Å². The third kappa shape index (κ3) is 4.60. The highest BCUT2D eigenvalue weighted by Gasteiger charge is 2.23. The molecule has 1 aliphatic rings. The summed E-state index contributed by atoms with van der Waals surface area (Å²) in [6.45, 7) is 6.93. The van der Waals surface area contributed by atoms with Gasteiger partial charge >= 0.3 is 0 Å². The van der Waals surface area contributed by atoms with Crippen molar-refractivity contribution in [2.24, 2.45) is 5.92 Å². The Morgan fingerprint density at radius 3 is 2.94 bits per heavy atom. The lowest BCUT2D eigenvalue weighted by Crippen LogP contribution is -2.45. The molecule has 4 aromatic rings. The number of fused-ring (bicyclic) bond motifs is 2. The fourth-order valence-electron chi connectivity index (χ4n) is 4.74. The van der Waals surface area contributed by atoms with Crippen LogP contribution in [0.3, 0.4) is 0 Å². The van der Waals surface area contributed by atoms with Crippen molar-refractivity contribution in [2.45, 2.75) is 26.4 Å².